The Labute approximate surface area is 128 Å². The molecule has 1 aromatic heterocycles. The third kappa shape index (κ3) is 4.67. The fourth-order valence-corrected chi connectivity index (χ4v) is 2.22. The molecule has 1 heterocycles. The lowest BCUT2D eigenvalue weighted by Gasteiger charge is -2.15. The van der Waals surface area contributed by atoms with Crippen molar-refractivity contribution in [3.05, 3.63) is 58.2 Å². The average molecular weight is 311 g/mol. The molecule has 5 heteroatoms. The standard InChI is InChI=1S/C15H16Cl2N2O/c1-11(20-15-4-2-3-7-19-15)9-18-10-12-5-6-13(16)8-14(12)17/h2-8,11,18H,9-10H2,1H3/t11-/m0/s1. The second kappa shape index (κ2) is 7.48. The van der Waals surface area contributed by atoms with Crippen LogP contribution in [0.15, 0.2) is 42.6 Å². The first kappa shape index (κ1) is 15.1. The fraction of sp³-hybridized carbons (Fsp3) is 0.267. The molecule has 0 unspecified atom stereocenters. The summed E-state index contributed by atoms with van der Waals surface area (Å²) < 4.78 is 5.67. The molecule has 0 amide bonds. The molecule has 2 rings (SSSR count). The van der Waals surface area contributed by atoms with Gasteiger partial charge in [0.1, 0.15) is 6.10 Å². The molecule has 1 N–H and O–H groups in total. The highest BCUT2D eigenvalue weighted by molar-refractivity contribution is 6.35. The minimum Gasteiger partial charge on any atom is -0.473 e. The number of hydrogen-bond donors (Lipinski definition) is 1. The van der Waals surface area contributed by atoms with Gasteiger partial charge in [-0.2, -0.15) is 0 Å². The maximum atomic E-state index is 6.11. The van der Waals surface area contributed by atoms with Crippen LogP contribution in [0.3, 0.4) is 0 Å². The van der Waals surface area contributed by atoms with Gasteiger partial charge >= 0.3 is 0 Å². The molecule has 0 fully saturated rings. The van der Waals surface area contributed by atoms with E-state index in [0.29, 0.717) is 29.0 Å². The van der Waals surface area contributed by atoms with Crippen molar-refractivity contribution in [3.8, 4) is 5.88 Å². The molecule has 2 aromatic rings. The molecule has 0 aliphatic carbocycles. The predicted molar refractivity (Wildman–Crippen MR) is 82.5 cm³/mol. The first-order valence-corrected chi connectivity index (χ1v) is 7.13. The zero-order valence-corrected chi connectivity index (χ0v) is 12.7. The number of rotatable bonds is 6. The van der Waals surface area contributed by atoms with Crippen LogP contribution in [0.4, 0.5) is 0 Å². The molecule has 0 bridgehead atoms. The van der Waals surface area contributed by atoms with E-state index in [9.17, 15) is 0 Å². The Morgan fingerprint density at radius 3 is 2.80 bits per heavy atom. The van der Waals surface area contributed by atoms with Crippen LogP contribution in [0.2, 0.25) is 10.0 Å². The van der Waals surface area contributed by atoms with Crippen molar-refractivity contribution in [2.24, 2.45) is 0 Å². The second-order valence-electron chi connectivity index (χ2n) is 4.46. The predicted octanol–water partition coefficient (Wildman–Crippen LogP) is 3.95. The monoisotopic (exact) mass is 310 g/mol. The highest BCUT2D eigenvalue weighted by atomic mass is 35.5. The third-order valence-electron chi connectivity index (χ3n) is 2.72. The molecule has 0 saturated heterocycles. The van der Waals surface area contributed by atoms with Crippen molar-refractivity contribution in [2.45, 2.75) is 19.6 Å². The Morgan fingerprint density at radius 1 is 1.25 bits per heavy atom. The summed E-state index contributed by atoms with van der Waals surface area (Å²) in [5, 5.41) is 4.62. The number of halogens is 2. The van der Waals surface area contributed by atoms with Gasteiger partial charge < -0.3 is 10.1 Å². The lowest BCUT2D eigenvalue weighted by atomic mass is 10.2. The van der Waals surface area contributed by atoms with E-state index in [2.05, 4.69) is 10.3 Å². The summed E-state index contributed by atoms with van der Waals surface area (Å²) >= 11 is 12.0. The highest BCUT2D eigenvalue weighted by Crippen LogP contribution is 2.20. The minimum absolute atomic E-state index is 0.0241. The molecule has 1 aromatic carbocycles. The summed E-state index contributed by atoms with van der Waals surface area (Å²) in [6.07, 6.45) is 1.74. The Balaban J connectivity index is 1.78. The Kier molecular flexibility index (Phi) is 5.65. The van der Waals surface area contributed by atoms with Crippen LogP contribution in [-0.4, -0.2) is 17.6 Å². The van der Waals surface area contributed by atoms with Crippen molar-refractivity contribution < 1.29 is 4.74 Å². The largest absolute Gasteiger partial charge is 0.473 e. The molecular formula is C15H16Cl2N2O. The van der Waals surface area contributed by atoms with Crippen molar-refractivity contribution in [1.82, 2.24) is 10.3 Å². The quantitative estimate of drug-likeness (QED) is 0.877. The number of nitrogens with zero attached hydrogens (tertiary/aromatic N) is 1. The first-order chi connectivity index (χ1) is 9.65. The Bertz CT molecular complexity index is 549. The molecule has 20 heavy (non-hydrogen) atoms. The number of hydrogen-bond acceptors (Lipinski definition) is 3. The first-order valence-electron chi connectivity index (χ1n) is 6.37. The highest BCUT2D eigenvalue weighted by Gasteiger charge is 2.05. The molecule has 0 saturated carbocycles. The van der Waals surface area contributed by atoms with Gasteiger partial charge in [0.15, 0.2) is 0 Å². The van der Waals surface area contributed by atoms with E-state index in [0.717, 1.165) is 5.56 Å². The van der Waals surface area contributed by atoms with Crippen molar-refractivity contribution in [3.63, 3.8) is 0 Å². The number of aromatic nitrogens is 1. The lowest BCUT2D eigenvalue weighted by molar-refractivity contribution is 0.208. The summed E-state index contributed by atoms with van der Waals surface area (Å²) in [5.41, 5.74) is 1.01. The van der Waals surface area contributed by atoms with Crippen molar-refractivity contribution in [1.29, 1.82) is 0 Å². The number of pyridine rings is 1. The maximum absolute atomic E-state index is 6.11. The van der Waals surface area contributed by atoms with E-state index in [-0.39, 0.29) is 6.10 Å². The van der Waals surface area contributed by atoms with Gasteiger partial charge in [0.05, 0.1) is 0 Å². The van der Waals surface area contributed by atoms with Crippen LogP contribution in [-0.2, 0) is 6.54 Å². The summed E-state index contributed by atoms with van der Waals surface area (Å²) in [4.78, 5) is 4.12. The van der Waals surface area contributed by atoms with Crippen molar-refractivity contribution >= 4 is 23.2 Å². The van der Waals surface area contributed by atoms with Crippen molar-refractivity contribution in [2.75, 3.05) is 6.54 Å². The van der Waals surface area contributed by atoms with Gasteiger partial charge in [0.2, 0.25) is 5.88 Å². The van der Waals surface area contributed by atoms with E-state index < -0.39 is 0 Å². The second-order valence-corrected chi connectivity index (χ2v) is 5.31. The average Bonchev–Trinajstić information content (AvgIpc) is 2.42. The molecular weight excluding hydrogens is 295 g/mol. The SMILES string of the molecule is C[C@@H](CNCc1ccc(Cl)cc1Cl)Oc1ccccn1. The van der Waals surface area contributed by atoms with Crippen LogP contribution in [0.25, 0.3) is 0 Å². The molecule has 0 spiro atoms. The summed E-state index contributed by atoms with van der Waals surface area (Å²) in [7, 11) is 0. The fourth-order valence-electron chi connectivity index (χ4n) is 1.74. The van der Waals surface area contributed by atoms with Crippen LogP contribution < -0.4 is 10.1 Å². The molecule has 0 radical (unpaired) electrons. The van der Waals surface area contributed by atoms with E-state index in [1.54, 1.807) is 12.3 Å². The number of benzene rings is 1. The van der Waals surface area contributed by atoms with Crippen LogP contribution >= 0.6 is 23.2 Å². The van der Waals surface area contributed by atoms with Gasteiger partial charge in [-0.25, -0.2) is 4.98 Å². The minimum atomic E-state index is 0.0241. The smallest absolute Gasteiger partial charge is 0.213 e. The van der Waals surface area contributed by atoms with Crippen LogP contribution in [0.1, 0.15) is 12.5 Å². The van der Waals surface area contributed by atoms with Gasteiger partial charge in [-0.3, -0.25) is 0 Å². The van der Waals surface area contributed by atoms with Gasteiger partial charge in [-0.15, -0.1) is 0 Å². The zero-order valence-electron chi connectivity index (χ0n) is 11.1. The molecule has 3 nitrogen and oxygen atoms in total. The van der Waals surface area contributed by atoms with Gasteiger partial charge in [0, 0.05) is 35.4 Å². The Morgan fingerprint density at radius 2 is 2.10 bits per heavy atom. The van der Waals surface area contributed by atoms with E-state index >= 15 is 0 Å². The topological polar surface area (TPSA) is 34.1 Å². The van der Waals surface area contributed by atoms with Crippen LogP contribution in [0.5, 0.6) is 5.88 Å². The molecule has 0 aliphatic heterocycles. The van der Waals surface area contributed by atoms with Gasteiger partial charge in [-0.05, 0) is 30.7 Å². The zero-order chi connectivity index (χ0) is 14.4. The van der Waals surface area contributed by atoms with E-state index in [1.807, 2.05) is 37.3 Å². The van der Waals surface area contributed by atoms with E-state index in [1.165, 1.54) is 0 Å². The van der Waals surface area contributed by atoms with Gasteiger partial charge in [0.25, 0.3) is 0 Å². The summed E-state index contributed by atoms with van der Waals surface area (Å²) in [5.74, 6) is 0.631. The Hall–Kier alpha value is -1.29. The van der Waals surface area contributed by atoms with E-state index in [4.69, 9.17) is 27.9 Å². The molecule has 1 atom stereocenters. The third-order valence-corrected chi connectivity index (χ3v) is 3.31. The number of nitrogens with one attached hydrogen (secondary N) is 1. The lowest BCUT2D eigenvalue weighted by Crippen LogP contribution is -2.28. The molecule has 106 valence electrons. The number of ether oxygens (including phenoxy) is 1. The maximum Gasteiger partial charge on any atom is 0.213 e. The summed E-state index contributed by atoms with van der Waals surface area (Å²) in [6.45, 7) is 3.37. The molecule has 0 aliphatic rings. The summed E-state index contributed by atoms with van der Waals surface area (Å²) in [6, 6.07) is 11.1. The normalized spacial score (nSPS) is 12.2. The van der Waals surface area contributed by atoms with Gasteiger partial charge in [-0.1, -0.05) is 35.3 Å². The van der Waals surface area contributed by atoms with Crippen LogP contribution in [0, 0.1) is 0 Å².